The maximum atomic E-state index is 12.1. The van der Waals surface area contributed by atoms with Crippen molar-refractivity contribution in [2.75, 3.05) is 0 Å². The van der Waals surface area contributed by atoms with Crippen LogP contribution >= 0.6 is 15.9 Å². The molecule has 5 nitrogen and oxygen atoms in total. The SMILES string of the molecule is Cc1cc(S(=O)(=O)NCc2ccnn2C)ccc1Br. The van der Waals surface area contributed by atoms with E-state index >= 15 is 0 Å². The fourth-order valence-electron chi connectivity index (χ4n) is 1.61. The second-order valence-corrected chi connectivity index (χ2v) is 6.80. The summed E-state index contributed by atoms with van der Waals surface area (Å²) in [6.45, 7) is 2.07. The Labute approximate surface area is 120 Å². The first-order valence-electron chi connectivity index (χ1n) is 5.63. The third-order valence-electron chi connectivity index (χ3n) is 2.81. The summed E-state index contributed by atoms with van der Waals surface area (Å²) in [5, 5.41) is 3.99. The van der Waals surface area contributed by atoms with Crippen LogP contribution < -0.4 is 4.72 Å². The van der Waals surface area contributed by atoms with Gasteiger partial charge in [0.2, 0.25) is 10.0 Å². The number of hydrogen-bond acceptors (Lipinski definition) is 3. The number of nitrogens with one attached hydrogen (secondary N) is 1. The zero-order valence-electron chi connectivity index (χ0n) is 10.6. The van der Waals surface area contributed by atoms with Gasteiger partial charge in [-0.3, -0.25) is 4.68 Å². The number of nitrogens with zero attached hydrogens (tertiary/aromatic N) is 2. The number of sulfonamides is 1. The number of rotatable bonds is 4. The minimum Gasteiger partial charge on any atom is -0.271 e. The Kier molecular flexibility index (Phi) is 4.07. The van der Waals surface area contributed by atoms with Crippen LogP contribution in [0.15, 0.2) is 39.8 Å². The summed E-state index contributed by atoms with van der Waals surface area (Å²) >= 11 is 3.35. The minimum atomic E-state index is -3.50. The van der Waals surface area contributed by atoms with Crippen molar-refractivity contribution in [2.24, 2.45) is 7.05 Å². The van der Waals surface area contributed by atoms with Crippen molar-refractivity contribution in [1.82, 2.24) is 14.5 Å². The highest BCUT2D eigenvalue weighted by molar-refractivity contribution is 9.10. The first-order valence-corrected chi connectivity index (χ1v) is 7.90. The summed E-state index contributed by atoms with van der Waals surface area (Å²) in [5.41, 5.74) is 1.68. The standard InChI is InChI=1S/C12H14BrN3O2S/c1-9-7-11(3-4-12(9)13)19(17,18)15-8-10-5-6-14-16(10)2/h3-7,15H,8H2,1-2H3. The van der Waals surface area contributed by atoms with Gasteiger partial charge in [0, 0.05) is 17.7 Å². The third kappa shape index (κ3) is 3.23. The van der Waals surface area contributed by atoms with Gasteiger partial charge in [0.15, 0.2) is 0 Å². The van der Waals surface area contributed by atoms with Gasteiger partial charge >= 0.3 is 0 Å². The second-order valence-electron chi connectivity index (χ2n) is 4.18. The van der Waals surface area contributed by atoms with E-state index in [1.807, 2.05) is 6.92 Å². The first-order chi connectivity index (χ1) is 8.90. The summed E-state index contributed by atoms with van der Waals surface area (Å²) in [6.07, 6.45) is 1.63. The number of halogens is 1. The van der Waals surface area contributed by atoms with Gasteiger partial charge in [-0.25, -0.2) is 13.1 Å². The van der Waals surface area contributed by atoms with Crippen LogP contribution in [0.3, 0.4) is 0 Å². The van der Waals surface area contributed by atoms with E-state index in [1.165, 1.54) is 0 Å². The van der Waals surface area contributed by atoms with Gasteiger partial charge in [0.1, 0.15) is 0 Å². The van der Waals surface area contributed by atoms with Crippen molar-refractivity contribution in [3.63, 3.8) is 0 Å². The van der Waals surface area contributed by atoms with Crippen molar-refractivity contribution in [2.45, 2.75) is 18.4 Å². The third-order valence-corrected chi connectivity index (χ3v) is 5.09. The van der Waals surface area contributed by atoms with Crippen molar-refractivity contribution in [1.29, 1.82) is 0 Å². The Morgan fingerprint density at radius 3 is 2.68 bits per heavy atom. The topological polar surface area (TPSA) is 64.0 Å². The van der Waals surface area contributed by atoms with Gasteiger partial charge < -0.3 is 0 Å². The van der Waals surface area contributed by atoms with E-state index in [1.54, 1.807) is 42.2 Å². The van der Waals surface area contributed by atoms with Crippen LogP contribution in [-0.4, -0.2) is 18.2 Å². The molecule has 0 saturated heterocycles. The molecule has 19 heavy (non-hydrogen) atoms. The lowest BCUT2D eigenvalue weighted by Crippen LogP contribution is -2.24. The molecule has 0 aliphatic carbocycles. The highest BCUT2D eigenvalue weighted by Crippen LogP contribution is 2.20. The molecule has 1 aromatic heterocycles. The number of hydrogen-bond donors (Lipinski definition) is 1. The Bertz CT molecular complexity index is 695. The lowest BCUT2D eigenvalue weighted by Gasteiger charge is -2.08. The molecule has 0 aliphatic heterocycles. The average Bonchev–Trinajstić information content (AvgIpc) is 2.76. The maximum absolute atomic E-state index is 12.1. The van der Waals surface area contributed by atoms with E-state index in [4.69, 9.17) is 0 Å². The summed E-state index contributed by atoms with van der Waals surface area (Å²) in [5.74, 6) is 0. The molecule has 0 radical (unpaired) electrons. The predicted molar refractivity (Wildman–Crippen MR) is 76.1 cm³/mol. The van der Waals surface area contributed by atoms with Gasteiger partial charge in [0.25, 0.3) is 0 Å². The van der Waals surface area contributed by atoms with Crippen LogP contribution in [0.5, 0.6) is 0 Å². The Balaban J connectivity index is 2.18. The van der Waals surface area contributed by atoms with Crippen LogP contribution in [-0.2, 0) is 23.6 Å². The molecular weight excluding hydrogens is 330 g/mol. The molecule has 1 heterocycles. The van der Waals surface area contributed by atoms with E-state index in [9.17, 15) is 8.42 Å². The molecule has 0 unspecified atom stereocenters. The molecule has 1 aromatic carbocycles. The van der Waals surface area contributed by atoms with E-state index in [0.717, 1.165) is 15.7 Å². The van der Waals surface area contributed by atoms with Gasteiger partial charge in [-0.15, -0.1) is 0 Å². The zero-order valence-corrected chi connectivity index (χ0v) is 13.0. The minimum absolute atomic E-state index is 0.216. The molecule has 102 valence electrons. The van der Waals surface area contributed by atoms with E-state index in [0.29, 0.717) is 0 Å². The highest BCUT2D eigenvalue weighted by Gasteiger charge is 2.15. The molecule has 0 spiro atoms. The molecule has 0 fully saturated rings. The summed E-state index contributed by atoms with van der Waals surface area (Å²) in [6, 6.07) is 6.71. The Morgan fingerprint density at radius 1 is 1.37 bits per heavy atom. The summed E-state index contributed by atoms with van der Waals surface area (Å²) in [7, 11) is -1.73. The molecule has 0 atom stereocenters. The normalized spacial score (nSPS) is 11.7. The van der Waals surface area contributed by atoms with Crippen LogP contribution in [0.25, 0.3) is 0 Å². The molecule has 7 heteroatoms. The smallest absolute Gasteiger partial charge is 0.240 e. The molecule has 0 amide bonds. The van der Waals surface area contributed by atoms with Crippen molar-refractivity contribution in [3.05, 3.63) is 46.2 Å². The summed E-state index contributed by atoms with van der Waals surface area (Å²) < 4.78 is 29.4. The van der Waals surface area contributed by atoms with Crippen LogP contribution in [0, 0.1) is 6.92 Å². The number of benzene rings is 1. The van der Waals surface area contributed by atoms with Gasteiger partial charge in [-0.05, 0) is 36.8 Å². The fourth-order valence-corrected chi connectivity index (χ4v) is 2.94. The fraction of sp³-hybridized carbons (Fsp3) is 0.250. The summed E-state index contributed by atoms with van der Waals surface area (Å²) in [4.78, 5) is 0.260. The molecule has 1 N–H and O–H groups in total. The largest absolute Gasteiger partial charge is 0.271 e. The predicted octanol–water partition coefficient (Wildman–Crippen LogP) is 1.97. The molecule has 0 bridgehead atoms. The molecular formula is C12H14BrN3O2S. The van der Waals surface area contributed by atoms with Gasteiger partial charge in [-0.1, -0.05) is 15.9 Å². The van der Waals surface area contributed by atoms with Crippen LogP contribution in [0.4, 0.5) is 0 Å². The van der Waals surface area contributed by atoms with Crippen molar-refractivity contribution in [3.8, 4) is 0 Å². The Hall–Kier alpha value is -1.18. The molecule has 2 aromatic rings. The van der Waals surface area contributed by atoms with Gasteiger partial charge in [-0.2, -0.15) is 5.10 Å². The lowest BCUT2D eigenvalue weighted by atomic mass is 10.2. The molecule has 0 aliphatic rings. The quantitative estimate of drug-likeness (QED) is 0.922. The molecule has 0 saturated carbocycles. The Morgan fingerprint density at radius 2 is 2.11 bits per heavy atom. The van der Waals surface area contributed by atoms with E-state index < -0.39 is 10.0 Å². The van der Waals surface area contributed by atoms with Gasteiger partial charge in [0.05, 0.1) is 17.1 Å². The van der Waals surface area contributed by atoms with Crippen molar-refractivity contribution < 1.29 is 8.42 Å². The average molecular weight is 344 g/mol. The van der Waals surface area contributed by atoms with E-state index in [2.05, 4.69) is 25.8 Å². The van der Waals surface area contributed by atoms with Crippen LogP contribution in [0.2, 0.25) is 0 Å². The molecule has 2 rings (SSSR count). The first kappa shape index (κ1) is 14.2. The van der Waals surface area contributed by atoms with Crippen LogP contribution in [0.1, 0.15) is 11.3 Å². The maximum Gasteiger partial charge on any atom is 0.240 e. The lowest BCUT2D eigenvalue weighted by molar-refractivity contribution is 0.577. The zero-order chi connectivity index (χ0) is 14.0. The highest BCUT2D eigenvalue weighted by atomic mass is 79.9. The van der Waals surface area contributed by atoms with E-state index in [-0.39, 0.29) is 11.4 Å². The monoisotopic (exact) mass is 343 g/mol. The number of aryl methyl sites for hydroxylation is 2. The van der Waals surface area contributed by atoms with Crippen molar-refractivity contribution >= 4 is 26.0 Å². The number of aromatic nitrogens is 2. The second kappa shape index (κ2) is 5.44.